The number of carbonyl (C=O) groups is 1. The van der Waals surface area contributed by atoms with Crippen LogP contribution in [0, 0.1) is 0 Å². The summed E-state index contributed by atoms with van der Waals surface area (Å²) in [5, 5.41) is 7.50. The largest absolute Gasteiger partial charge is 0.497 e. The number of aromatic amines is 1. The molecule has 5 nitrogen and oxygen atoms in total. The monoisotopic (exact) mass is 389 g/mol. The Hall–Kier alpha value is -3.08. The van der Waals surface area contributed by atoms with E-state index in [0.29, 0.717) is 12.3 Å². The zero-order valence-corrected chi connectivity index (χ0v) is 16.8. The lowest BCUT2D eigenvalue weighted by Gasteiger charge is -2.33. The van der Waals surface area contributed by atoms with Crippen molar-refractivity contribution in [2.45, 2.75) is 31.6 Å². The Morgan fingerprint density at radius 1 is 1.21 bits per heavy atom. The van der Waals surface area contributed by atoms with Gasteiger partial charge in [0.2, 0.25) is 5.91 Å². The van der Waals surface area contributed by atoms with Gasteiger partial charge in [-0.3, -0.25) is 9.89 Å². The lowest BCUT2D eigenvalue weighted by Crippen LogP contribution is -2.39. The fourth-order valence-corrected chi connectivity index (χ4v) is 4.13. The molecule has 5 heteroatoms. The number of nitrogens with zero attached hydrogens (tertiary/aromatic N) is 2. The first-order valence-corrected chi connectivity index (χ1v) is 10.2. The van der Waals surface area contributed by atoms with Gasteiger partial charge in [-0.05, 0) is 42.5 Å². The molecule has 2 aromatic carbocycles. The number of aromatic nitrogens is 2. The van der Waals surface area contributed by atoms with Crippen molar-refractivity contribution in [3.05, 3.63) is 72.1 Å². The minimum atomic E-state index is 0.221. The Morgan fingerprint density at radius 3 is 2.90 bits per heavy atom. The first-order valence-electron chi connectivity index (χ1n) is 10.2. The van der Waals surface area contributed by atoms with Crippen molar-refractivity contribution < 1.29 is 9.53 Å². The Bertz CT molecular complexity index is 952. The van der Waals surface area contributed by atoms with Crippen molar-refractivity contribution in [1.82, 2.24) is 15.1 Å². The molecule has 4 rings (SSSR count). The van der Waals surface area contributed by atoms with Gasteiger partial charge in [-0.2, -0.15) is 5.10 Å². The molecule has 0 spiro atoms. The molecule has 1 fully saturated rings. The highest BCUT2D eigenvalue weighted by molar-refractivity contribution is 5.77. The van der Waals surface area contributed by atoms with E-state index in [1.165, 1.54) is 0 Å². The third kappa shape index (κ3) is 4.50. The van der Waals surface area contributed by atoms with E-state index in [-0.39, 0.29) is 5.91 Å². The van der Waals surface area contributed by atoms with Gasteiger partial charge in [0, 0.05) is 36.7 Å². The van der Waals surface area contributed by atoms with E-state index in [0.717, 1.165) is 60.5 Å². The molecule has 0 radical (unpaired) electrons. The summed E-state index contributed by atoms with van der Waals surface area (Å²) < 4.78 is 5.28. The number of benzene rings is 2. The molecule has 1 aromatic heterocycles. The smallest absolute Gasteiger partial charge is 0.222 e. The molecule has 1 saturated heterocycles. The number of amides is 1. The second-order valence-electron chi connectivity index (χ2n) is 7.59. The van der Waals surface area contributed by atoms with E-state index in [4.69, 9.17) is 4.74 Å². The molecule has 1 atom stereocenters. The number of H-pyrrole nitrogens is 1. The van der Waals surface area contributed by atoms with Crippen LogP contribution >= 0.6 is 0 Å². The molecule has 0 unspecified atom stereocenters. The van der Waals surface area contributed by atoms with E-state index in [2.05, 4.69) is 22.3 Å². The predicted molar refractivity (Wildman–Crippen MR) is 114 cm³/mol. The number of ether oxygens (including phenoxy) is 1. The quantitative estimate of drug-likeness (QED) is 0.679. The van der Waals surface area contributed by atoms with Gasteiger partial charge in [-0.15, -0.1) is 0 Å². The third-order valence-electron chi connectivity index (χ3n) is 5.70. The number of hydrogen-bond acceptors (Lipinski definition) is 3. The van der Waals surface area contributed by atoms with Gasteiger partial charge in [-0.25, -0.2) is 0 Å². The van der Waals surface area contributed by atoms with Crippen LogP contribution in [0.5, 0.6) is 5.75 Å². The number of rotatable bonds is 6. The molecule has 150 valence electrons. The van der Waals surface area contributed by atoms with Crippen molar-refractivity contribution >= 4 is 5.91 Å². The van der Waals surface area contributed by atoms with Crippen molar-refractivity contribution in [1.29, 1.82) is 0 Å². The van der Waals surface area contributed by atoms with Gasteiger partial charge in [0.05, 0.1) is 13.3 Å². The summed E-state index contributed by atoms with van der Waals surface area (Å²) in [5.74, 6) is 1.35. The molecule has 1 N–H and O–H groups in total. The van der Waals surface area contributed by atoms with Gasteiger partial charge in [0.15, 0.2) is 0 Å². The van der Waals surface area contributed by atoms with Crippen molar-refractivity contribution in [2.24, 2.45) is 0 Å². The highest BCUT2D eigenvalue weighted by Gasteiger charge is 2.27. The van der Waals surface area contributed by atoms with Crippen LogP contribution in [0.3, 0.4) is 0 Å². The summed E-state index contributed by atoms with van der Waals surface area (Å²) in [6.07, 6.45) is 5.24. The van der Waals surface area contributed by atoms with Crippen LogP contribution in [0.15, 0.2) is 60.8 Å². The molecule has 0 bridgehead atoms. The molecule has 1 aliphatic heterocycles. The standard InChI is InChI=1S/C24H27N3O2/c1-29-21-11-5-7-18(15-21)12-13-23(28)27-14-6-10-20(17-27)24-22(16-25-26-24)19-8-3-2-4-9-19/h2-5,7-9,11,15-16,20H,6,10,12-14,17H2,1H3,(H,25,26)/t20-/m0/s1. The molecular formula is C24H27N3O2. The highest BCUT2D eigenvalue weighted by atomic mass is 16.5. The van der Waals surface area contributed by atoms with Crippen molar-refractivity contribution in [3.63, 3.8) is 0 Å². The van der Waals surface area contributed by atoms with E-state index in [9.17, 15) is 4.79 Å². The molecule has 1 amide bonds. The molecule has 2 heterocycles. The number of piperidine rings is 1. The summed E-state index contributed by atoms with van der Waals surface area (Å²) >= 11 is 0. The second kappa shape index (κ2) is 8.95. The zero-order chi connectivity index (χ0) is 20.1. The minimum Gasteiger partial charge on any atom is -0.497 e. The van der Waals surface area contributed by atoms with Gasteiger partial charge in [-0.1, -0.05) is 42.5 Å². The van der Waals surface area contributed by atoms with Crippen LogP contribution < -0.4 is 4.74 Å². The average Bonchev–Trinajstić information content (AvgIpc) is 3.28. The van der Waals surface area contributed by atoms with Gasteiger partial charge in [0.25, 0.3) is 0 Å². The van der Waals surface area contributed by atoms with E-state index in [1.54, 1.807) is 7.11 Å². The van der Waals surface area contributed by atoms with Crippen LogP contribution in [0.2, 0.25) is 0 Å². The van der Waals surface area contributed by atoms with Crippen LogP contribution in [0.1, 0.15) is 36.4 Å². The maximum atomic E-state index is 12.9. The Labute approximate surface area is 171 Å². The highest BCUT2D eigenvalue weighted by Crippen LogP contribution is 2.33. The van der Waals surface area contributed by atoms with Gasteiger partial charge >= 0.3 is 0 Å². The summed E-state index contributed by atoms with van der Waals surface area (Å²) in [6, 6.07) is 18.3. The SMILES string of the molecule is COc1cccc(CCC(=O)N2CCC[C@H](c3[nH]ncc3-c3ccccc3)C2)c1. The number of carbonyl (C=O) groups excluding carboxylic acids is 1. The number of hydrogen-bond donors (Lipinski definition) is 1. The fraction of sp³-hybridized carbons (Fsp3) is 0.333. The molecule has 3 aromatic rings. The van der Waals surface area contributed by atoms with Crippen molar-refractivity contribution in [2.75, 3.05) is 20.2 Å². The Kier molecular flexibility index (Phi) is 5.94. The molecule has 1 aliphatic rings. The van der Waals surface area contributed by atoms with Crippen molar-refractivity contribution in [3.8, 4) is 16.9 Å². The summed E-state index contributed by atoms with van der Waals surface area (Å²) in [4.78, 5) is 14.9. The topological polar surface area (TPSA) is 58.2 Å². The number of aryl methyl sites for hydroxylation is 1. The summed E-state index contributed by atoms with van der Waals surface area (Å²) in [6.45, 7) is 1.58. The minimum absolute atomic E-state index is 0.221. The number of methoxy groups -OCH3 is 1. The Morgan fingerprint density at radius 2 is 2.07 bits per heavy atom. The number of likely N-dealkylation sites (tertiary alicyclic amines) is 1. The van der Waals surface area contributed by atoms with Crippen LogP contribution in [-0.4, -0.2) is 41.2 Å². The van der Waals surface area contributed by atoms with Gasteiger partial charge < -0.3 is 9.64 Å². The first-order chi connectivity index (χ1) is 14.2. The number of nitrogens with one attached hydrogen (secondary N) is 1. The van der Waals surface area contributed by atoms with Crippen LogP contribution in [-0.2, 0) is 11.2 Å². The first kappa shape index (κ1) is 19.2. The van der Waals surface area contributed by atoms with Gasteiger partial charge in [0.1, 0.15) is 5.75 Å². The fourth-order valence-electron chi connectivity index (χ4n) is 4.13. The molecule has 29 heavy (non-hydrogen) atoms. The lowest BCUT2D eigenvalue weighted by molar-refractivity contribution is -0.132. The van der Waals surface area contributed by atoms with Crippen LogP contribution in [0.25, 0.3) is 11.1 Å². The average molecular weight is 389 g/mol. The third-order valence-corrected chi connectivity index (χ3v) is 5.70. The summed E-state index contributed by atoms with van der Waals surface area (Å²) in [5.41, 5.74) is 4.58. The van der Waals surface area contributed by atoms with Crippen LogP contribution in [0.4, 0.5) is 0 Å². The Balaban J connectivity index is 1.41. The molecule has 0 saturated carbocycles. The predicted octanol–water partition coefficient (Wildman–Crippen LogP) is 4.42. The summed E-state index contributed by atoms with van der Waals surface area (Å²) in [7, 11) is 1.66. The maximum Gasteiger partial charge on any atom is 0.222 e. The van der Waals surface area contributed by atoms with E-state index in [1.807, 2.05) is 53.6 Å². The maximum absolute atomic E-state index is 12.9. The normalized spacial score (nSPS) is 16.6. The molecule has 0 aliphatic carbocycles. The molecular weight excluding hydrogens is 362 g/mol. The van der Waals surface area contributed by atoms with E-state index >= 15 is 0 Å². The van der Waals surface area contributed by atoms with E-state index < -0.39 is 0 Å². The zero-order valence-electron chi connectivity index (χ0n) is 16.8. The second-order valence-corrected chi connectivity index (χ2v) is 7.59. The lowest BCUT2D eigenvalue weighted by atomic mass is 9.90.